The number of aliphatic hydroxyl groups excluding tert-OH is 1. The van der Waals surface area contributed by atoms with Gasteiger partial charge in [-0.15, -0.1) is 0 Å². The summed E-state index contributed by atoms with van der Waals surface area (Å²) < 4.78 is 3.19. The van der Waals surface area contributed by atoms with Gasteiger partial charge < -0.3 is 16.2 Å². The minimum Gasteiger partial charge on any atom is -0.393 e. The van der Waals surface area contributed by atoms with Crippen LogP contribution in [0.25, 0.3) is 0 Å². The van der Waals surface area contributed by atoms with Crippen LogP contribution in [0.3, 0.4) is 0 Å². The van der Waals surface area contributed by atoms with E-state index in [1.165, 1.54) is 4.68 Å². The normalized spacial score (nSPS) is 21.7. The minimum atomic E-state index is -0.277. The molecule has 3 rings (SSSR count). The molecule has 2 heterocycles. The maximum absolute atomic E-state index is 12.4. The fraction of sp³-hybridized carbons (Fsp3) is 0.533. The molecule has 0 spiro atoms. The fourth-order valence-electron chi connectivity index (χ4n) is 3.02. The zero-order chi connectivity index (χ0) is 16.6. The molecule has 23 heavy (non-hydrogen) atoms. The number of nitrogens with two attached hydrogens (primary N) is 1. The number of nitrogen functional groups attached to an aromatic ring is 1. The Balaban J connectivity index is 1.70. The molecule has 1 amide bonds. The van der Waals surface area contributed by atoms with Gasteiger partial charge in [-0.1, -0.05) is 0 Å². The summed E-state index contributed by atoms with van der Waals surface area (Å²) in [7, 11) is 1.84. The van der Waals surface area contributed by atoms with E-state index in [-0.39, 0.29) is 30.5 Å². The number of hydrogen-bond donors (Lipinski definition) is 3. The van der Waals surface area contributed by atoms with E-state index in [0.717, 1.165) is 11.3 Å². The zero-order valence-corrected chi connectivity index (χ0v) is 13.3. The quantitative estimate of drug-likeness (QED) is 0.726. The molecule has 1 saturated carbocycles. The molecule has 0 aromatic carbocycles. The third-order valence-electron chi connectivity index (χ3n) is 4.25. The molecule has 1 aliphatic rings. The number of carbonyl (C=O) groups excluding carboxylic acids is 1. The van der Waals surface area contributed by atoms with Crippen LogP contribution in [-0.2, 0) is 18.4 Å². The first-order valence-electron chi connectivity index (χ1n) is 7.68. The number of rotatable bonds is 5. The van der Waals surface area contributed by atoms with E-state index in [1.807, 2.05) is 20.2 Å². The number of aryl methyl sites for hydroxylation is 2. The maximum Gasteiger partial charge on any atom is 0.242 e. The second-order valence-corrected chi connectivity index (χ2v) is 6.25. The molecule has 8 nitrogen and oxygen atoms in total. The van der Waals surface area contributed by atoms with Crippen LogP contribution >= 0.6 is 0 Å². The van der Waals surface area contributed by atoms with Crippen LogP contribution in [0.15, 0.2) is 18.5 Å². The van der Waals surface area contributed by atoms with Crippen molar-refractivity contribution in [2.45, 2.75) is 38.5 Å². The third kappa shape index (κ3) is 3.37. The van der Waals surface area contributed by atoms with Crippen molar-refractivity contribution in [3.63, 3.8) is 0 Å². The van der Waals surface area contributed by atoms with Crippen molar-refractivity contribution in [2.75, 3.05) is 5.73 Å². The molecular weight excluding hydrogens is 296 g/mol. The van der Waals surface area contributed by atoms with Gasteiger partial charge in [0.2, 0.25) is 5.91 Å². The molecule has 2 aromatic heterocycles. The molecule has 0 bridgehead atoms. The number of aliphatic hydroxyl groups is 1. The molecule has 0 aliphatic heterocycles. The van der Waals surface area contributed by atoms with Crippen LogP contribution in [0.4, 0.5) is 5.82 Å². The number of anilines is 1. The number of hydrogen-bond acceptors (Lipinski definition) is 5. The van der Waals surface area contributed by atoms with Crippen molar-refractivity contribution >= 4 is 11.7 Å². The highest BCUT2D eigenvalue weighted by Crippen LogP contribution is 2.37. The van der Waals surface area contributed by atoms with Crippen molar-refractivity contribution in [2.24, 2.45) is 13.0 Å². The molecule has 0 saturated heterocycles. The third-order valence-corrected chi connectivity index (χ3v) is 4.25. The van der Waals surface area contributed by atoms with Crippen molar-refractivity contribution < 1.29 is 9.90 Å². The Morgan fingerprint density at radius 2 is 2.30 bits per heavy atom. The van der Waals surface area contributed by atoms with Crippen molar-refractivity contribution in [1.29, 1.82) is 0 Å². The Morgan fingerprint density at radius 3 is 2.83 bits per heavy atom. The topological polar surface area (TPSA) is 111 Å². The van der Waals surface area contributed by atoms with Gasteiger partial charge in [0.15, 0.2) is 0 Å². The first-order valence-corrected chi connectivity index (χ1v) is 7.68. The molecule has 1 unspecified atom stereocenters. The smallest absolute Gasteiger partial charge is 0.242 e. The average molecular weight is 318 g/mol. The first kappa shape index (κ1) is 15.5. The lowest BCUT2D eigenvalue weighted by Crippen LogP contribution is -2.42. The largest absolute Gasteiger partial charge is 0.393 e. The van der Waals surface area contributed by atoms with E-state index in [0.29, 0.717) is 18.7 Å². The lowest BCUT2D eigenvalue weighted by atomic mass is 9.75. The zero-order valence-electron chi connectivity index (χ0n) is 13.3. The first-order chi connectivity index (χ1) is 10.9. The van der Waals surface area contributed by atoms with Crippen LogP contribution < -0.4 is 11.1 Å². The summed E-state index contributed by atoms with van der Waals surface area (Å²) in [5.41, 5.74) is 7.55. The summed E-state index contributed by atoms with van der Waals surface area (Å²) in [6, 6.07) is 1.58. The molecule has 1 atom stereocenters. The van der Waals surface area contributed by atoms with Gasteiger partial charge in [-0.3, -0.25) is 9.48 Å². The number of nitrogens with zero attached hydrogens (tertiary/aromatic N) is 4. The number of amides is 1. The van der Waals surface area contributed by atoms with E-state index in [2.05, 4.69) is 15.5 Å². The predicted octanol–water partition coefficient (Wildman–Crippen LogP) is 0.136. The van der Waals surface area contributed by atoms with Crippen LogP contribution in [0.2, 0.25) is 0 Å². The van der Waals surface area contributed by atoms with Gasteiger partial charge in [-0.05, 0) is 25.7 Å². The Morgan fingerprint density at radius 1 is 1.57 bits per heavy atom. The van der Waals surface area contributed by atoms with E-state index >= 15 is 0 Å². The number of aromatic nitrogens is 4. The van der Waals surface area contributed by atoms with Crippen molar-refractivity contribution in [1.82, 2.24) is 24.9 Å². The SMILES string of the molecule is Cc1cc(N)n(CC(=O)NC(c2cnn(C)c2)C2CC(O)C2)n1. The summed E-state index contributed by atoms with van der Waals surface area (Å²) in [5.74, 6) is 0.527. The van der Waals surface area contributed by atoms with E-state index in [4.69, 9.17) is 5.73 Å². The van der Waals surface area contributed by atoms with Gasteiger partial charge in [0, 0.05) is 24.9 Å². The lowest BCUT2D eigenvalue weighted by molar-refractivity contribution is -0.123. The standard InChI is InChI=1S/C15H22N6O2/c1-9-3-13(16)21(19-9)8-14(23)18-15(10-4-12(22)5-10)11-6-17-20(2)7-11/h3,6-7,10,12,15,22H,4-5,8,16H2,1-2H3,(H,18,23). The molecule has 4 N–H and O–H groups in total. The van der Waals surface area contributed by atoms with Crippen molar-refractivity contribution in [3.8, 4) is 0 Å². The Kier molecular flexibility index (Phi) is 4.08. The maximum atomic E-state index is 12.4. The number of nitrogens with one attached hydrogen (secondary N) is 1. The summed E-state index contributed by atoms with van der Waals surface area (Å²) in [6.07, 6.45) is 4.73. The highest BCUT2D eigenvalue weighted by atomic mass is 16.3. The molecule has 2 aromatic rings. The molecular formula is C15H22N6O2. The Hall–Kier alpha value is -2.35. The van der Waals surface area contributed by atoms with Crippen LogP contribution in [-0.4, -0.2) is 36.7 Å². The second kappa shape index (κ2) is 6.04. The summed E-state index contributed by atoms with van der Waals surface area (Å²) >= 11 is 0. The van der Waals surface area contributed by atoms with Crippen molar-refractivity contribution in [3.05, 3.63) is 29.7 Å². The van der Waals surface area contributed by atoms with Gasteiger partial charge in [0.25, 0.3) is 0 Å². The Labute approximate surface area is 134 Å². The second-order valence-electron chi connectivity index (χ2n) is 6.25. The van der Waals surface area contributed by atoms with Gasteiger partial charge in [0.05, 0.1) is 24.0 Å². The fourth-order valence-corrected chi connectivity index (χ4v) is 3.02. The minimum absolute atomic E-state index is 0.0751. The van der Waals surface area contributed by atoms with Crippen LogP contribution in [0, 0.1) is 12.8 Å². The molecule has 124 valence electrons. The molecule has 1 fully saturated rings. The average Bonchev–Trinajstić information content (AvgIpc) is 2.99. The summed E-state index contributed by atoms with van der Waals surface area (Å²) in [4.78, 5) is 12.4. The van der Waals surface area contributed by atoms with Gasteiger partial charge >= 0.3 is 0 Å². The number of carbonyl (C=O) groups is 1. The van der Waals surface area contributed by atoms with Gasteiger partial charge in [-0.25, -0.2) is 4.68 Å². The molecule has 0 radical (unpaired) electrons. The highest BCUT2D eigenvalue weighted by Gasteiger charge is 2.36. The Bertz CT molecular complexity index is 701. The van der Waals surface area contributed by atoms with Crippen LogP contribution in [0.5, 0.6) is 0 Å². The van der Waals surface area contributed by atoms with E-state index in [9.17, 15) is 9.90 Å². The van der Waals surface area contributed by atoms with E-state index in [1.54, 1.807) is 16.9 Å². The summed E-state index contributed by atoms with van der Waals surface area (Å²) in [6.45, 7) is 1.91. The van der Waals surface area contributed by atoms with Gasteiger partial charge in [-0.2, -0.15) is 10.2 Å². The highest BCUT2D eigenvalue weighted by molar-refractivity contribution is 5.76. The lowest BCUT2D eigenvalue weighted by Gasteiger charge is -2.37. The van der Waals surface area contributed by atoms with E-state index < -0.39 is 0 Å². The summed E-state index contributed by atoms with van der Waals surface area (Å²) in [5, 5.41) is 21.0. The van der Waals surface area contributed by atoms with Gasteiger partial charge in [0.1, 0.15) is 12.4 Å². The molecule has 8 heteroatoms. The monoisotopic (exact) mass is 318 g/mol. The molecule has 1 aliphatic carbocycles. The predicted molar refractivity (Wildman–Crippen MR) is 84.2 cm³/mol. The van der Waals surface area contributed by atoms with Crippen LogP contribution in [0.1, 0.15) is 30.1 Å².